The largest absolute Gasteiger partial charge is 2.00 e. The van der Waals surface area contributed by atoms with Crippen LogP contribution in [0.4, 0.5) is 0 Å². The summed E-state index contributed by atoms with van der Waals surface area (Å²) in [6, 6.07) is 0. The zero-order valence-electron chi connectivity index (χ0n) is 9.25. The summed E-state index contributed by atoms with van der Waals surface area (Å²) in [6.07, 6.45) is 0. The molecule has 0 aromatic rings. The third-order valence-corrected chi connectivity index (χ3v) is 0. The van der Waals surface area contributed by atoms with Crippen molar-refractivity contribution in [3.63, 3.8) is 0 Å². The zero-order chi connectivity index (χ0) is 9.15. The minimum atomic E-state index is 0. The van der Waals surface area contributed by atoms with Crippen molar-refractivity contribution in [2.45, 2.75) is 41.5 Å². The molecule has 0 spiro atoms. The molecule has 0 saturated carbocycles. The van der Waals surface area contributed by atoms with E-state index in [9.17, 15) is 0 Å². The van der Waals surface area contributed by atoms with Crippen molar-refractivity contribution < 1.29 is 35.9 Å². The molecule has 0 aliphatic rings. The second kappa shape index (κ2) is 29.9. The first-order valence-electron chi connectivity index (χ1n) is 3.22. The molecule has 0 aliphatic carbocycles. The molecule has 0 rings (SSSR count). The van der Waals surface area contributed by atoms with E-state index < -0.39 is 0 Å². The van der Waals surface area contributed by atoms with Gasteiger partial charge in [-0.15, -0.1) is 0 Å². The van der Waals surface area contributed by atoms with E-state index in [4.69, 9.17) is 11.8 Å². The van der Waals surface area contributed by atoms with Gasteiger partial charge in [0.15, 0.2) is 0 Å². The zero-order valence-corrected chi connectivity index (χ0v) is 10.2. The molecule has 0 bridgehead atoms. The summed E-state index contributed by atoms with van der Waals surface area (Å²) in [5.74, 6) is 2.83. The van der Waals surface area contributed by atoms with Crippen molar-refractivity contribution in [3.8, 4) is 0 Å². The Bertz CT molecular complexity index is 51.3. The first-order valence-corrected chi connectivity index (χ1v) is 3.22. The van der Waals surface area contributed by atoms with E-state index in [-0.39, 0.29) is 35.9 Å². The van der Waals surface area contributed by atoms with Crippen LogP contribution in [0.1, 0.15) is 41.5 Å². The molecule has 0 fully saturated rings. The van der Waals surface area contributed by atoms with Gasteiger partial charge in [-0.25, -0.2) is 0 Å². The van der Waals surface area contributed by atoms with Gasteiger partial charge in [-0.1, -0.05) is 0 Å². The summed E-state index contributed by atoms with van der Waals surface area (Å²) in [5.41, 5.74) is 0. The Labute approximate surface area is 101 Å². The van der Waals surface area contributed by atoms with Crippen molar-refractivity contribution in [3.05, 3.63) is 18.4 Å². The van der Waals surface area contributed by atoms with Crippen LogP contribution in [0.3, 0.4) is 0 Å². The fourth-order valence-corrected chi connectivity index (χ4v) is 0. The molecule has 1 nitrogen and oxygen atoms in total. The SMILES string of the molecule is C[C-](C)C.C[C-](C)C.[C-]#N.[Cu+2].[Li+]. The Morgan fingerprint density at radius 2 is 0.750 bits per heavy atom. The van der Waals surface area contributed by atoms with E-state index in [1.807, 2.05) is 0 Å². The summed E-state index contributed by atoms with van der Waals surface area (Å²) in [6.45, 7) is 17.2. The molecule has 0 amide bonds. The molecular weight excluding hydrogens is 193 g/mol. The Morgan fingerprint density at radius 1 is 0.750 bits per heavy atom. The quantitative estimate of drug-likeness (QED) is 0.418. The van der Waals surface area contributed by atoms with Crippen LogP contribution in [0.2, 0.25) is 0 Å². The molecule has 0 atom stereocenters. The van der Waals surface area contributed by atoms with Gasteiger partial charge in [0.05, 0.1) is 0 Å². The summed E-state index contributed by atoms with van der Waals surface area (Å²) in [7, 11) is 0. The molecule has 3 heteroatoms. The van der Waals surface area contributed by atoms with E-state index in [2.05, 4.69) is 41.5 Å². The Hall–Kier alpha value is 0.607. The molecule has 0 saturated heterocycles. The Balaban J connectivity index is -0.0000000198. The van der Waals surface area contributed by atoms with Gasteiger partial charge in [0.25, 0.3) is 0 Å². The van der Waals surface area contributed by atoms with Crippen LogP contribution in [0.25, 0.3) is 0 Å². The number of hydrogen-bond donors (Lipinski definition) is 0. The monoisotopic (exact) mass is 210 g/mol. The van der Waals surface area contributed by atoms with Gasteiger partial charge in [-0.05, 0) is 0 Å². The van der Waals surface area contributed by atoms with Crippen LogP contribution in [0, 0.1) is 23.7 Å². The third kappa shape index (κ3) is 2660. The molecular formula is C9H18CuLiN. The third-order valence-electron chi connectivity index (χ3n) is 0. The van der Waals surface area contributed by atoms with Gasteiger partial charge < -0.3 is 23.7 Å². The maximum Gasteiger partial charge on any atom is 2.00 e. The molecule has 0 aromatic heterocycles. The molecule has 0 heterocycles. The maximum absolute atomic E-state index is 6.25. The molecule has 0 aliphatic heterocycles. The smallest absolute Gasteiger partial charge is 0.512 e. The average Bonchev–Trinajstić information content (AvgIpc) is 1.66. The van der Waals surface area contributed by atoms with E-state index in [0.29, 0.717) is 0 Å². The van der Waals surface area contributed by atoms with E-state index in [0.717, 1.165) is 0 Å². The second-order valence-electron chi connectivity index (χ2n) is 3.00. The predicted molar refractivity (Wildman–Crippen MR) is 45.5 cm³/mol. The van der Waals surface area contributed by atoms with Gasteiger partial charge in [0.2, 0.25) is 0 Å². The molecule has 0 N–H and O–H groups in total. The minimum absolute atomic E-state index is 0. The normalized spacial score (nSPS) is 6.17. The first kappa shape index (κ1) is 29.4. The Morgan fingerprint density at radius 3 is 0.750 bits per heavy atom. The van der Waals surface area contributed by atoms with Crippen molar-refractivity contribution in [2.24, 2.45) is 0 Å². The van der Waals surface area contributed by atoms with Crippen LogP contribution >= 0.6 is 0 Å². The number of rotatable bonds is 0. The van der Waals surface area contributed by atoms with Crippen molar-refractivity contribution >= 4 is 0 Å². The van der Waals surface area contributed by atoms with Crippen molar-refractivity contribution in [2.75, 3.05) is 0 Å². The molecule has 12 heavy (non-hydrogen) atoms. The summed E-state index contributed by atoms with van der Waals surface area (Å²) >= 11 is 0. The maximum atomic E-state index is 6.25. The summed E-state index contributed by atoms with van der Waals surface area (Å²) < 4.78 is 0. The molecule has 0 unspecified atom stereocenters. The minimum Gasteiger partial charge on any atom is -0.512 e. The number of nitrogens with zero attached hydrogens (tertiary/aromatic N) is 1. The van der Waals surface area contributed by atoms with Crippen LogP contribution in [-0.4, -0.2) is 0 Å². The van der Waals surface area contributed by atoms with Gasteiger partial charge in [-0.2, -0.15) is 41.5 Å². The van der Waals surface area contributed by atoms with Crippen molar-refractivity contribution in [1.82, 2.24) is 0 Å². The van der Waals surface area contributed by atoms with Gasteiger partial charge in [-0.3, -0.25) is 0 Å². The van der Waals surface area contributed by atoms with Crippen LogP contribution in [0.15, 0.2) is 0 Å². The van der Waals surface area contributed by atoms with Gasteiger partial charge in [0, 0.05) is 0 Å². The Kier molecular flexibility index (Phi) is 73.2. The fourth-order valence-electron chi connectivity index (χ4n) is 0. The summed E-state index contributed by atoms with van der Waals surface area (Å²) in [4.78, 5) is 0. The second-order valence-corrected chi connectivity index (χ2v) is 3.00. The van der Waals surface area contributed by atoms with Crippen LogP contribution < -0.4 is 18.9 Å². The molecule has 0 aromatic carbocycles. The van der Waals surface area contributed by atoms with Crippen LogP contribution in [-0.2, 0) is 17.1 Å². The van der Waals surface area contributed by atoms with E-state index in [1.54, 1.807) is 0 Å². The average molecular weight is 211 g/mol. The summed E-state index contributed by atoms with van der Waals surface area (Å²) in [5, 5.41) is 6.25. The van der Waals surface area contributed by atoms with Crippen molar-refractivity contribution in [1.29, 1.82) is 5.26 Å². The van der Waals surface area contributed by atoms with E-state index in [1.165, 1.54) is 11.8 Å². The number of hydrogen-bond acceptors (Lipinski definition) is 1. The van der Waals surface area contributed by atoms with E-state index >= 15 is 0 Å². The predicted octanol–water partition coefficient (Wildman–Crippen LogP) is 0.339. The molecule has 71 valence electrons. The fraction of sp³-hybridized carbons (Fsp3) is 0.667. The van der Waals surface area contributed by atoms with Gasteiger partial charge >= 0.3 is 35.9 Å². The molecule has 1 radical (unpaired) electrons. The van der Waals surface area contributed by atoms with Gasteiger partial charge in [0.1, 0.15) is 0 Å². The standard InChI is InChI=1S/2C4H9.CN.Cu.Li/c2*1-4(2)3;1-2;;/h2*1-3H3;;;/q3*-1;+2;+1. The van der Waals surface area contributed by atoms with Crippen LogP contribution in [0.5, 0.6) is 0 Å². The first-order chi connectivity index (χ1) is 4.46. The topological polar surface area (TPSA) is 23.8 Å².